The highest BCUT2D eigenvalue weighted by molar-refractivity contribution is 7.93. The van der Waals surface area contributed by atoms with Crippen LogP contribution < -0.4 is 4.89 Å². The second-order valence-electron chi connectivity index (χ2n) is 6.38. The van der Waals surface area contributed by atoms with Crippen molar-refractivity contribution in [2.75, 3.05) is 6.26 Å². The predicted octanol–water partition coefficient (Wildman–Crippen LogP) is 4.89. The van der Waals surface area contributed by atoms with Crippen molar-refractivity contribution in [3.05, 3.63) is 22.8 Å². The van der Waals surface area contributed by atoms with Gasteiger partial charge >= 0.3 is 0 Å². The van der Waals surface area contributed by atoms with Crippen LogP contribution in [0, 0.1) is 0 Å². The molecule has 1 N–H and O–H groups in total. The van der Waals surface area contributed by atoms with Crippen molar-refractivity contribution in [3.8, 4) is 5.75 Å². The van der Waals surface area contributed by atoms with E-state index in [1.807, 2.05) is 41.5 Å². The Morgan fingerprint density at radius 3 is 1.87 bits per heavy atom. The highest BCUT2D eigenvalue weighted by Crippen LogP contribution is 2.43. The Morgan fingerprint density at radius 2 is 1.52 bits per heavy atom. The van der Waals surface area contributed by atoms with Gasteiger partial charge in [0, 0.05) is 29.4 Å². The molecule has 1 aromatic rings. The molecule has 0 amide bonds. The van der Waals surface area contributed by atoms with E-state index in [0.717, 1.165) is 17.6 Å². The third kappa shape index (κ3) is 4.62. The molecule has 0 aliphatic rings. The molecule has 23 heavy (non-hydrogen) atoms. The van der Waals surface area contributed by atoms with Crippen molar-refractivity contribution in [1.29, 1.82) is 0 Å². The van der Waals surface area contributed by atoms with Crippen molar-refractivity contribution in [3.63, 3.8) is 0 Å². The highest BCUT2D eigenvalue weighted by Gasteiger charge is 2.30. The summed E-state index contributed by atoms with van der Waals surface area (Å²) in [5.41, 5.74) is 1.91. The van der Waals surface area contributed by atoms with E-state index in [1.54, 1.807) is 12.3 Å². The van der Waals surface area contributed by atoms with Gasteiger partial charge in [0.2, 0.25) is 0 Å². The number of benzene rings is 1. The molecule has 132 valence electrons. The second kappa shape index (κ2) is 7.88. The van der Waals surface area contributed by atoms with Gasteiger partial charge in [-0.15, -0.1) is 4.33 Å². The Balaban J connectivity index is 3.93. The lowest BCUT2D eigenvalue weighted by Crippen LogP contribution is -2.14. The van der Waals surface area contributed by atoms with Gasteiger partial charge in [-0.05, 0) is 23.3 Å². The first kappa shape index (κ1) is 20.3. The standard InChI is InChI=1S/C16H26O5S2/c1-9(2)12-8-13(10(3)4)16(23(17,18)19)14(11(5)6)15(12)20-21-22-7/h8-11H,1-7H3,(H,17,18,19). The van der Waals surface area contributed by atoms with E-state index < -0.39 is 10.1 Å². The molecule has 1 aromatic carbocycles. The van der Waals surface area contributed by atoms with Gasteiger partial charge in [-0.3, -0.25) is 4.55 Å². The molecule has 5 nitrogen and oxygen atoms in total. The first-order valence-corrected chi connectivity index (χ1v) is 10.2. The third-order valence-corrected chi connectivity index (χ3v) is 4.76. The van der Waals surface area contributed by atoms with Gasteiger partial charge in [0.1, 0.15) is 4.90 Å². The third-order valence-electron chi connectivity index (χ3n) is 3.59. The smallest absolute Gasteiger partial charge is 0.295 e. The predicted molar refractivity (Wildman–Crippen MR) is 93.8 cm³/mol. The normalized spacial score (nSPS) is 12.5. The average molecular weight is 363 g/mol. The minimum atomic E-state index is -4.39. The summed E-state index contributed by atoms with van der Waals surface area (Å²) in [6.07, 6.45) is 1.70. The van der Waals surface area contributed by atoms with Crippen LogP contribution in [0.2, 0.25) is 0 Å². The summed E-state index contributed by atoms with van der Waals surface area (Å²) in [6.45, 7) is 11.5. The van der Waals surface area contributed by atoms with Crippen molar-refractivity contribution >= 4 is 22.2 Å². The largest absolute Gasteiger partial charge is 0.325 e. The molecule has 0 saturated heterocycles. The Hall–Kier alpha value is -0.760. The first-order valence-electron chi connectivity index (χ1n) is 7.57. The van der Waals surface area contributed by atoms with E-state index in [0.29, 0.717) is 16.9 Å². The number of hydrogen-bond donors (Lipinski definition) is 1. The van der Waals surface area contributed by atoms with Crippen molar-refractivity contribution in [2.45, 2.75) is 64.2 Å². The molecule has 1 rings (SSSR count). The van der Waals surface area contributed by atoms with Crippen molar-refractivity contribution < 1.29 is 22.2 Å². The molecule has 0 aliphatic heterocycles. The van der Waals surface area contributed by atoms with Crippen molar-refractivity contribution in [1.82, 2.24) is 0 Å². The van der Waals surface area contributed by atoms with Gasteiger partial charge in [0.05, 0.1) is 0 Å². The van der Waals surface area contributed by atoms with Gasteiger partial charge in [0.15, 0.2) is 5.75 Å². The molecule has 0 saturated carbocycles. The van der Waals surface area contributed by atoms with Gasteiger partial charge in [-0.1, -0.05) is 47.6 Å². The van der Waals surface area contributed by atoms with E-state index in [2.05, 4.69) is 0 Å². The summed E-state index contributed by atoms with van der Waals surface area (Å²) in [6, 6.07) is 1.79. The van der Waals surface area contributed by atoms with Crippen LogP contribution in [0.15, 0.2) is 11.0 Å². The van der Waals surface area contributed by atoms with Crippen LogP contribution in [0.3, 0.4) is 0 Å². The Morgan fingerprint density at radius 1 is 1.00 bits per heavy atom. The lowest BCUT2D eigenvalue weighted by atomic mass is 9.88. The zero-order valence-corrected chi connectivity index (χ0v) is 16.3. The highest BCUT2D eigenvalue weighted by atomic mass is 32.2. The van der Waals surface area contributed by atoms with E-state index >= 15 is 0 Å². The van der Waals surface area contributed by atoms with Crippen LogP contribution in [-0.4, -0.2) is 19.2 Å². The fourth-order valence-electron chi connectivity index (χ4n) is 2.54. The van der Waals surface area contributed by atoms with Crippen molar-refractivity contribution in [2.24, 2.45) is 0 Å². The van der Waals surface area contributed by atoms with Crippen LogP contribution in [0.1, 0.15) is 76.0 Å². The molecular formula is C16H26O5S2. The summed E-state index contributed by atoms with van der Waals surface area (Å²) in [7, 11) is -4.39. The maximum atomic E-state index is 12.0. The minimum Gasteiger partial charge on any atom is -0.325 e. The Labute approximate surface area is 143 Å². The van der Waals surface area contributed by atoms with Crippen LogP contribution in [-0.2, 0) is 14.5 Å². The second-order valence-corrected chi connectivity index (χ2v) is 8.21. The zero-order valence-electron chi connectivity index (χ0n) is 14.7. The molecule has 0 unspecified atom stereocenters. The summed E-state index contributed by atoms with van der Waals surface area (Å²) in [4.78, 5) is 5.33. The molecule has 0 bridgehead atoms. The van der Waals surface area contributed by atoms with Gasteiger partial charge in [0.25, 0.3) is 10.1 Å². The summed E-state index contributed by atoms with van der Waals surface area (Å²) in [5, 5.41) is 0. The maximum Gasteiger partial charge on any atom is 0.295 e. The lowest BCUT2D eigenvalue weighted by Gasteiger charge is -2.24. The number of hydrogen-bond acceptors (Lipinski definition) is 5. The summed E-state index contributed by atoms with van der Waals surface area (Å²) >= 11 is 1.03. The first-order chi connectivity index (χ1) is 10.5. The molecular weight excluding hydrogens is 336 g/mol. The quantitative estimate of drug-likeness (QED) is 0.322. The van der Waals surface area contributed by atoms with E-state index in [1.165, 1.54) is 0 Å². The summed E-state index contributed by atoms with van der Waals surface area (Å²) < 4.78 is 38.9. The fraction of sp³-hybridized carbons (Fsp3) is 0.625. The average Bonchev–Trinajstić information content (AvgIpc) is 2.41. The zero-order chi connectivity index (χ0) is 17.9. The fourth-order valence-corrected chi connectivity index (χ4v) is 3.88. The van der Waals surface area contributed by atoms with E-state index in [4.69, 9.17) is 9.22 Å². The SMILES string of the molecule is CSOOc1c(C(C)C)cc(C(C)C)c(S(=O)(=O)O)c1C(C)C. The molecule has 7 heteroatoms. The Kier molecular flexibility index (Phi) is 6.95. The van der Waals surface area contributed by atoms with Crippen LogP contribution in [0.5, 0.6) is 5.75 Å². The molecule has 0 fully saturated rings. The maximum absolute atomic E-state index is 12.0. The molecule has 0 atom stereocenters. The molecule has 0 aromatic heterocycles. The van der Waals surface area contributed by atoms with E-state index in [-0.39, 0.29) is 22.6 Å². The molecule has 0 radical (unpaired) electrons. The lowest BCUT2D eigenvalue weighted by molar-refractivity contribution is -0.0795. The van der Waals surface area contributed by atoms with Crippen LogP contribution >= 0.6 is 12.0 Å². The molecule has 0 spiro atoms. The Bertz CT molecular complexity index is 649. The molecule has 0 heterocycles. The topological polar surface area (TPSA) is 72.8 Å². The van der Waals surface area contributed by atoms with Gasteiger partial charge in [-0.2, -0.15) is 8.42 Å². The van der Waals surface area contributed by atoms with Gasteiger partial charge in [-0.25, -0.2) is 0 Å². The van der Waals surface area contributed by atoms with Gasteiger partial charge < -0.3 is 4.89 Å². The van der Waals surface area contributed by atoms with E-state index in [9.17, 15) is 13.0 Å². The van der Waals surface area contributed by atoms with Crippen LogP contribution in [0.4, 0.5) is 0 Å². The molecule has 0 aliphatic carbocycles. The minimum absolute atomic E-state index is 0.0579. The summed E-state index contributed by atoms with van der Waals surface area (Å²) in [5.74, 6) is 0.267. The monoisotopic (exact) mass is 362 g/mol. The number of rotatable bonds is 7. The van der Waals surface area contributed by atoms with Crippen LogP contribution in [0.25, 0.3) is 0 Å².